The van der Waals surface area contributed by atoms with Crippen LogP contribution in [0.25, 0.3) is 0 Å². The Bertz CT molecular complexity index is 169. The second-order valence-electron chi connectivity index (χ2n) is 3.15. The molecule has 2 bridgehead atoms. The zero-order valence-electron chi connectivity index (χ0n) is 5.79. The van der Waals surface area contributed by atoms with Crippen LogP contribution in [-0.2, 0) is 4.79 Å². The van der Waals surface area contributed by atoms with Gasteiger partial charge in [0, 0.05) is 12.5 Å². The molecular formula is C7H11NO2. The topological polar surface area (TPSA) is 40.5 Å². The van der Waals surface area contributed by atoms with Gasteiger partial charge in [-0.15, -0.1) is 0 Å². The van der Waals surface area contributed by atoms with Gasteiger partial charge in [0.05, 0.1) is 6.04 Å². The van der Waals surface area contributed by atoms with Gasteiger partial charge in [0.1, 0.15) is 0 Å². The van der Waals surface area contributed by atoms with Gasteiger partial charge in [-0.05, 0) is 19.3 Å². The van der Waals surface area contributed by atoms with Gasteiger partial charge >= 0.3 is 0 Å². The second kappa shape index (κ2) is 2.04. The van der Waals surface area contributed by atoms with Crippen molar-refractivity contribution in [3.8, 4) is 0 Å². The number of rotatable bonds is 0. The minimum absolute atomic E-state index is 0.145. The zero-order chi connectivity index (χ0) is 7.14. The Morgan fingerprint density at radius 1 is 1.50 bits per heavy atom. The highest BCUT2D eigenvalue weighted by molar-refractivity contribution is 5.86. The molecule has 0 radical (unpaired) electrons. The lowest BCUT2D eigenvalue weighted by molar-refractivity contribution is -0.156. The van der Waals surface area contributed by atoms with E-state index in [1.807, 2.05) is 0 Å². The Morgan fingerprint density at radius 3 is 2.90 bits per heavy atom. The first-order valence-corrected chi connectivity index (χ1v) is 3.79. The molecule has 56 valence electrons. The van der Waals surface area contributed by atoms with E-state index in [1.54, 1.807) is 0 Å². The number of hydrogen-bond acceptors (Lipinski definition) is 3. The van der Waals surface area contributed by atoms with E-state index >= 15 is 0 Å². The van der Waals surface area contributed by atoms with Crippen LogP contribution in [0.4, 0.5) is 0 Å². The van der Waals surface area contributed by atoms with Crippen LogP contribution in [-0.4, -0.2) is 28.1 Å². The van der Waals surface area contributed by atoms with Crippen molar-refractivity contribution >= 4 is 5.78 Å². The third kappa shape index (κ3) is 0.707. The molecule has 0 spiro atoms. The Labute approximate surface area is 59.6 Å². The van der Waals surface area contributed by atoms with Crippen molar-refractivity contribution in [2.24, 2.45) is 0 Å². The van der Waals surface area contributed by atoms with Crippen LogP contribution < -0.4 is 0 Å². The molecule has 2 saturated heterocycles. The average Bonchev–Trinajstić information content (AvgIpc) is 2.16. The maximum Gasteiger partial charge on any atom is 0.154 e. The number of carbonyl (C=O) groups is 1. The van der Waals surface area contributed by atoms with Gasteiger partial charge in [-0.3, -0.25) is 4.79 Å². The zero-order valence-corrected chi connectivity index (χ0v) is 5.79. The Morgan fingerprint density at radius 2 is 2.30 bits per heavy atom. The van der Waals surface area contributed by atoms with Crippen LogP contribution >= 0.6 is 0 Å². The second-order valence-corrected chi connectivity index (χ2v) is 3.15. The Balaban J connectivity index is 2.22. The monoisotopic (exact) mass is 141 g/mol. The van der Waals surface area contributed by atoms with Gasteiger partial charge in [0.2, 0.25) is 0 Å². The first kappa shape index (κ1) is 6.31. The number of carbonyl (C=O) groups excluding carboxylic acids is 1. The predicted molar refractivity (Wildman–Crippen MR) is 34.7 cm³/mol. The summed E-state index contributed by atoms with van der Waals surface area (Å²) in [4.78, 5) is 11.1. The SMILES string of the molecule is O=C1CC2CCCC1N2O. The highest BCUT2D eigenvalue weighted by atomic mass is 16.5. The largest absolute Gasteiger partial charge is 0.313 e. The molecule has 0 aromatic heterocycles. The number of nitrogens with zero attached hydrogens (tertiary/aromatic N) is 1. The molecule has 0 aromatic carbocycles. The van der Waals surface area contributed by atoms with Crippen molar-refractivity contribution in [2.45, 2.75) is 37.8 Å². The number of hydrogen-bond donors (Lipinski definition) is 1. The summed E-state index contributed by atoms with van der Waals surface area (Å²) in [6.45, 7) is 0. The first-order valence-electron chi connectivity index (χ1n) is 3.79. The Kier molecular flexibility index (Phi) is 1.28. The molecule has 10 heavy (non-hydrogen) atoms. The summed E-state index contributed by atoms with van der Waals surface area (Å²) in [6, 6.07) is -0.00926. The molecule has 1 N–H and O–H groups in total. The van der Waals surface area contributed by atoms with Crippen molar-refractivity contribution in [2.75, 3.05) is 0 Å². The molecule has 2 rings (SSSR count). The maximum absolute atomic E-state index is 11.1. The predicted octanol–water partition coefficient (Wildman–Crippen LogP) is 0.572. The third-order valence-corrected chi connectivity index (χ3v) is 2.52. The number of ketones is 1. The van der Waals surface area contributed by atoms with E-state index in [2.05, 4.69) is 0 Å². The molecule has 2 unspecified atom stereocenters. The molecule has 0 saturated carbocycles. The van der Waals surface area contributed by atoms with E-state index in [-0.39, 0.29) is 17.9 Å². The van der Waals surface area contributed by atoms with E-state index in [9.17, 15) is 10.0 Å². The van der Waals surface area contributed by atoms with Gasteiger partial charge in [-0.2, -0.15) is 5.06 Å². The number of piperidine rings is 1. The summed E-state index contributed by atoms with van der Waals surface area (Å²) in [5.41, 5.74) is 0. The summed E-state index contributed by atoms with van der Waals surface area (Å²) in [6.07, 6.45) is 3.50. The smallest absolute Gasteiger partial charge is 0.154 e. The molecular weight excluding hydrogens is 130 g/mol. The average molecular weight is 141 g/mol. The van der Waals surface area contributed by atoms with Crippen molar-refractivity contribution in [1.82, 2.24) is 5.06 Å². The molecule has 0 aliphatic carbocycles. The molecule has 2 fully saturated rings. The maximum atomic E-state index is 11.1. The van der Waals surface area contributed by atoms with Crippen molar-refractivity contribution in [1.29, 1.82) is 0 Å². The van der Waals surface area contributed by atoms with E-state index in [4.69, 9.17) is 0 Å². The van der Waals surface area contributed by atoms with Gasteiger partial charge in [0.15, 0.2) is 5.78 Å². The van der Waals surface area contributed by atoms with Crippen LogP contribution in [0.2, 0.25) is 0 Å². The third-order valence-electron chi connectivity index (χ3n) is 2.52. The van der Waals surface area contributed by atoms with E-state index < -0.39 is 0 Å². The van der Waals surface area contributed by atoms with Crippen LogP contribution in [0.15, 0.2) is 0 Å². The number of Topliss-reactive ketones (excluding diaryl/α,β-unsaturated/α-hetero) is 1. The van der Waals surface area contributed by atoms with Gasteiger partial charge in [-0.25, -0.2) is 0 Å². The van der Waals surface area contributed by atoms with Crippen LogP contribution in [0, 0.1) is 0 Å². The number of hydroxylamine groups is 2. The minimum atomic E-state index is -0.154. The summed E-state index contributed by atoms with van der Waals surface area (Å²) in [7, 11) is 0. The lowest BCUT2D eigenvalue weighted by atomic mass is 10.1. The minimum Gasteiger partial charge on any atom is -0.313 e. The van der Waals surface area contributed by atoms with E-state index in [0.717, 1.165) is 19.3 Å². The molecule has 3 nitrogen and oxygen atoms in total. The van der Waals surface area contributed by atoms with Crippen molar-refractivity contribution in [3.63, 3.8) is 0 Å². The quantitative estimate of drug-likeness (QED) is 0.536. The highest BCUT2D eigenvalue weighted by Gasteiger charge is 2.41. The van der Waals surface area contributed by atoms with E-state index in [0.29, 0.717) is 6.42 Å². The summed E-state index contributed by atoms with van der Waals surface area (Å²) >= 11 is 0. The van der Waals surface area contributed by atoms with E-state index in [1.165, 1.54) is 5.06 Å². The van der Waals surface area contributed by atoms with Crippen LogP contribution in [0.1, 0.15) is 25.7 Å². The highest BCUT2D eigenvalue weighted by Crippen LogP contribution is 2.30. The fraction of sp³-hybridized carbons (Fsp3) is 0.857. The fourth-order valence-corrected chi connectivity index (χ4v) is 1.94. The molecule has 2 aliphatic rings. The summed E-state index contributed by atoms with van der Waals surface area (Å²) < 4.78 is 0. The van der Waals surface area contributed by atoms with Crippen LogP contribution in [0.3, 0.4) is 0 Å². The van der Waals surface area contributed by atoms with Crippen molar-refractivity contribution in [3.05, 3.63) is 0 Å². The molecule has 2 atom stereocenters. The summed E-state index contributed by atoms with van der Waals surface area (Å²) in [5.74, 6) is 0.227. The van der Waals surface area contributed by atoms with Crippen LogP contribution in [0.5, 0.6) is 0 Å². The molecule has 0 amide bonds. The summed E-state index contributed by atoms with van der Waals surface area (Å²) in [5, 5.41) is 10.5. The molecule has 2 aliphatic heterocycles. The van der Waals surface area contributed by atoms with Gasteiger partial charge < -0.3 is 5.21 Å². The standard InChI is InChI=1S/C7H11NO2/c9-7-4-5-2-1-3-6(7)8(5)10/h5-6,10H,1-4H2. The number of fused-ring (bicyclic) bond motifs is 2. The lowest BCUT2D eigenvalue weighted by Gasteiger charge is -2.26. The van der Waals surface area contributed by atoms with Crippen molar-refractivity contribution < 1.29 is 10.0 Å². The molecule has 0 aromatic rings. The molecule has 3 heteroatoms. The lowest BCUT2D eigenvalue weighted by Crippen LogP contribution is -2.38. The molecule has 2 heterocycles. The Hall–Kier alpha value is -0.410. The fourth-order valence-electron chi connectivity index (χ4n) is 1.94. The van der Waals surface area contributed by atoms with Gasteiger partial charge in [0.25, 0.3) is 0 Å². The first-order chi connectivity index (χ1) is 4.79. The van der Waals surface area contributed by atoms with Gasteiger partial charge in [-0.1, -0.05) is 0 Å². The normalized spacial score (nSPS) is 40.7.